The van der Waals surface area contributed by atoms with Crippen LogP contribution in [0.4, 0.5) is 26.3 Å². The van der Waals surface area contributed by atoms with Gasteiger partial charge in [-0.05, 0) is 12.1 Å². The second-order valence-corrected chi connectivity index (χ2v) is 7.27. The number of aliphatic carboxylic acids is 1. The molecule has 0 spiro atoms. The molecule has 0 aliphatic heterocycles. The molecule has 0 bridgehead atoms. The highest BCUT2D eigenvalue weighted by atomic mass is 19.4. The van der Waals surface area contributed by atoms with Crippen molar-refractivity contribution in [2.75, 3.05) is 0 Å². The van der Waals surface area contributed by atoms with E-state index in [-0.39, 0.29) is 5.56 Å². The van der Waals surface area contributed by atoms with E-state index in [2.05, 4.69) is 20.1 Å². The van der Waals surface area contributed by atoms with Gasteiger partial charge in [0.25, 0.3) is 0 Å². The van der Waals surface area contributed by atoms with Gasteiger partial charge in [-0.2, -0.15) is 26.3 Å². The summed E-state index contributed by atoms with van der Waals surface area (Å²) in [4.78, 5) is 23.3. The molecular formula is C23H13F6N5O2. The van der Waals surface area contributed by atoms with Gasteiger partial charge in [0.05, 0.1) is 16.7 Å². The predicted molar refractivity (Wildman–Crippen MR) is 115 cm³/mol. The Labute approximate surface area is 198 Å². The third-order valence-corrected chi connectivity index (χ3v) is 4.93. The van der Waals surface area contributed by atoms with E-state index in [1.807, 2.05) is 0 Å². The lowest BCUT2D eigenvalue weighted by atomic mass is 10.1. The van der Waals surface area contributed by atoms with Crippen molar-refractivity contribution in [3.8, 4) is 22.8 Å². The lowest BCUT2D eigenvalue weighted by Crippen LogP contribution is -2.09. The topological polar surface area (TPSA) is 93.8 Å². The van der Waals surface area contributed by atoms with Gasteiger partial charge in [-0.25, -0.2) is 24.4 Å². The van der Waals surface area contributed by atoms with Crippen molar-refractivity contribution in [2.24, 2.45) is 0 Å². The Balaban J connectivity index is 2.02. The first kappa shape index (κ1) is 24.6. The van der Waals surface area contributed by atoms with Gasteiger partial charge in [-0.3, -0.25) is 0 Å². The molecule has 2 heterocycles. The number of carboxylic acids is 1. The molecule has 0 unspecified atom stereocenters. The smallest absolute Gasteiger partial charge is 0.417 e. The largest absolute Gasteiger partial charge is 0.478 e. The third kappa shape index (κ3) is 4.94. The van der Waals surface area contributed by atoms with Gasteiger partial charge < -0.3 is 5.11 Å². The number of carboxylic acid groups (broad SMARTS) is 1. The molecule has 184 valence electrons. The van der Waals surface area contributed by atoms with E-state index in [0.29, 0.717) is 4.68 Å². The Bertz CT molecular complexity index is 1450. The van der Waals surface area contributed by atoms with Crippen molar-refractivity contribution in [3.05, 3.63) is 83.9 Å². The zero-order chi connectivity index (χ0) is 26.1. The normalized spacial score (nSPS) is 12.6. The van der Waals surface area contributed by atoms with Crippen LogP contribution in [0.5, 0.6) is 0 Å². The molecule has 0 amide bonds. The summed E-state index contributed by atoms with van der Waals surface area (Å²) >= 11 is 0. The first-order valence-corrected chi connectivity index (χ1v) is 9.97. The number of hydrogen-bond acceptors (Lipinski definition) is 5. The fourth-order valence-corrected chi connectivity index (χ4v) is 3.38. The maximum absolute atomic E-state index is 13.7. The van der Waals surface area contributed by atoms with Crippen molar-refractivity contribution < 1.29 is 36.2 Å². The molecule has 0 saturated carbocycles. The number of hydrogen-bond donors (Lipinski definition) is 1. The van der Waals surface area contributed by atoms with Gasteiger partial charge >= 0.3 is 18.3 Å². The second kappa shape index (κ2) is 9.24. The lowest BCUT2D eigenvalue weighted by Gasteiger charge is -2.12. The number of nitrogens with zero attached hydrogens (tertiary/aromatic N) is 5. The van der Waals surface area contributed by atoms with Crippen LogP contribution in [-0.2, 0) is 17.1 Å². The van der Waals surface area contributed by atoms with Gasteiger partial charge in [-0.15, -0.1) is 5.10 Å². The second-order valence-electron chi connectivity index (χ2n) is 7.27. The van der Waals surface area contributed by atoms with Crippen LogP contribution in [0.25, 0.3) is 34.5 Å². The standard InChI is InChI=1S/C23H13F6N5O2/c24-22(25,26)17-7-3-1-5-14(17)19-32-20(15-6-2-4-8-18(15)23(27,28)29)34(33-19)11-16(21(35)36)13-9-30-12-31-10-13/h1-12H,(H,35,36)/b16-11+. The zero-order valence-corrected chi connectivity index (χ0v) is 17.8. The molecule has 13 heteroatoms. The van der Waals surface area contributed by atoms with Crippen LogP contribution in [0.3, 0.4) is 0 Å². The summed E-state index contributed by atoms with van der Waals surface area (Å²) in [5.41, 5.74) is -3.77. The van der Waals surface area contributed by atoms with Crippen LogP contribution in [0.15, 0.2) is 67.3 Å². The Kier molecular flexibility index (Phi) is 6.31. The van der Waals surface area contributed by atoms with E-state index >= 15 is 0 Å². The molecule has 7 nitrogen and oxygen atoms in total. The molecule has 2 aromatic heterocycles. The van der Waals surface area contributed by atoms with Crippen LogP contribution in [0.2, 0.25) is 0 Å². The van der Waals surface area contributed by atoms with Crippen molar-refractivity contribution in [1.82, 2.24) is 24.7 Å². The van der Waals surface area contributed by atoms with Crippen LogP contribution in [0, 0.1) is 0 Å². The van der Waals surface area contributed by atoms with Crippen molar-refractivity contribution in [1.29, 1.82) is 0 Å². The first-order valence-electron chi connectivity index (χ1n) is 9.97. The Morgan fingerprint density at radius 3 is 1.92 bits per heavy atom. The van der Waals surface area contributed by atoms with Gasteiger partial charge in [0.1, 0.15) is 6.33 Å². The number of aromatic nitrogens is 5. The molecule has 1 N–H and O–H groups in total. The van der Waals surface area contributed by atoms with Gasteiger partial charge in [-0.1, -0.05) is 36.4 Å². The molecule has 4 rings (SSSR count). The van der Waals surface area contributed by atoms with E-state index in [1.54, 1.807) is 0 Å². The fourth-order valence-electron chi connectivity index (χ4n) is 3.38. The van der Waals surface area contributed by atoms with Crippen LogP contribution < -0.4 is 0 Å². The van der Waals surface area contributed by atoms with Crippen molar-refractivity contribution >= 4 is 17.7 Å². The number of rotatable bonds is 5. The van der Waals surface area contributed by atoms with Gasteiger partial charge in [0.2, 0.25) is 0 Å². The molecule has 0 aliphatic carbocycles. The highest BCUT2D eigenvalue weighted by Gasteiger charge is 2.37. The summed E-state index contributed by atoms with van der Waals surface area (Å²) in [5, 5.41) is 13.7. The zero-order valence-electron chi connectivity index (χ0n) is 17.8. The molecule has 4 aromatic rings. The molecule has 0 atom stereocenters. The Morgan fingerprint density at radius 2 is 1.36 bits per heavy atom. The number of carbonyl (C=O) groups is 1. The SMILES string of the molecule is O=C(O)/C(=C/n1nc(-c2ccccc2C(F)(F)F)nc1-c1ccccc1C(F)(F)F)c1cncnc1. The molecular weight excluding hydrogens is 492 g/mol. The van der Waals surface area contributed by atoms with E-state index in [0.717, 1.165) is 61.3 Å². The van der Waals surface area contributed by atoms with E-state index < -0.39 is 57.8 Å². The Morgan fingerprint density at radius 1 is 0.833 bits per heavy atom. The van der Waals surface area contributed by atoms with Crippen LogP contribution in [-0.4, -0.2) is 35.8 Å². The summed E-state index contributed by atoms with van der Waals surface area (Å²) < 4.78 is 82.7. The monoisotopic (exact) mass is 505 g/mol. The average Bonchev–Trinajstić information content (AvgIpc) is 3.25. The number of halogens is 6. The highest BCUT2D eigenvalue weighted by Crippen LogP contribution is 2.39. The van der Waals surface area contributed by atoms with Crippen molar-refractivity contribution in [3.63, 3.8) is 0 Å². The summed E-state index contributed by atoms with van der Waals surface area (Å²) in [6, 6.07) is 8.50. The maximum atomic E-state index is 13.7. The van der Waals surface area contributed by atoms with Crippen LogP contribution in [0.1, 0.15) is 16.7 Å². The van der Waals surface area contributed by atoms with E-state index in [9.17, 15) is 36.2 Å². The summed E-state index contributed by atoms with van der Waals surface area (Å²) in [6.07, 6.45) is -5.38. The lowest BCUT2D eigenvalue weighted by molar-refractivity contribution is -0.137. The Hall–Kier alpha value is -4.55. The molecule has 0 aliphatic rings. The summed E-state index contributed by atoms with van der Waals surface area (Å²) in [6.45, 7) is 0. The molecule has 0 fully saturated rings. The fraction of sp³-hybridized carbons (Fsp3) is 0.0870. The van der Waals surface area contributed by atoms with E-state index in [1.165, 1.54) is 12.1 Å². The minimum Gasteiger partial charge on any atom is -0.478 e. The molecule has 36 heavy (non-hydrogen) atoms. The predicted octanol–water partition coefficient (Wildman–Crippen LogP) is 5.52. The number of benzene rings is 2. The highest BCUT2D eigenvalue weighted by molar-refractivity contribution is 6.19. The van der Waals surface area contributed by atoms with Gasteiger partial charge in [0.15, 0.2) is 11.6 Å². The quantitative estimate of drug-likeness (QED) is 0.284. The molecule has 0 radical (unpaired) electrons. The van der Waals surface area contributed by atoms with Crippen LogP contribution >= 0.6 is 0 Å². The number of alkyl halides is 6. The van der Waals surface area contributed by atoms with E-state index in [4.69, 9.17) is 0 Å². The summed E-state index contributed by atoms with van der Waals surface area (Å²) in [7, 11) is 0. The summed E-state index contributed by atoms with van der Waals surface area (Å²) in [5.74, 6) is -2.58. The molecule has 0 saturated heterocycles. The minimum absolute atomic E-state index is 0.0206. The third-order valence-electron chi connectivity index (χ3n) is 4.93. The molecule has 2 aromatic carbocycles. The van der Waals surface area contributed by atoms with Gasteiger partial charge in [0, 0.05) is 35.3 Å². The maximum Gasteiger partial charge on any atom is 0.417 e. The minimum atomic E-state index is -4.84. The van der Waals surface area contributed by atoms with Crippen molar-refractivity contribution in [2.45, 2.75) is 12.4 Å². The average molecular weight is 505 g/mol. The first-order chi connectivity index (χ1) is 17.0.